The molecule has 25 heavy (non-hydrogen) atoms. The molecule has 1 amide bonds. The first-order valence-electron chi connectivity index (χ1n) is 7.99. The predicted octanol–water partition coefficient (Wildman–Crippen LogP) is 3.80. The molecule has 2 aromatic carbocycles. The van der Waals surface area contributed by atoms with Crippen LogP contribution in [0.3, 0.4) is 0 Å². The third-order valence-corrected chi connectivity index (χ3v) is 4.30. The number of amides is 1. The Labute approximate surface area is 151 Å². The minimum absolute atomic E-state index is 0.154. The minimum atomic E-state index is -0.314. The summed E-state index contributed by atoms with van der Waals surface area (Å²) < 4.78 is 11.2. The molecule has 1 aliphatic heterocycles. The molecule has 128 valence electrons. The van der Waals surface area contributed by atoms with E-state index >= 15 is 0 Å². The molecule has 5 nitrogen and oxygen atoms in total. The monoisotopic (exact) mass is 356 g/mol. The van der Waals surface area contributed by atoms with Crippen LogP contribution >= 0.6 is 11.6 Å². The van der Waals surface area contributed by atoms with Crippen molar-refractivity contribution in [2.24, 2.45) is 5.92 Å². The van der Waals surface area contributed by atoms with E-state index in [9.17, 15) is 4.79 Å². The highest BCUT2D eigenvalue weighted by molar-refractivity contribution is 6.31. The van der Waals surface area contributed by atoms with Gasteiger partial charge in [0.25, 0.3) is 0 Å². The van der Waals surface area contributed by atoms with Crippen LogP contribution in [0.25, 0.3) is 0 Å². The Balaban J connectivity index is 1.72. The average Bonchev–Trinajstić information content (AvgIpc) is 2.63. The van der Waals surface area contributed by atoms with Crippen molar-refractivity contribution in [1.82, 2.24) is 0 Å². The maximum absolute atomic E-state index is 12.5. The molecule has 3 rings (SSSR count). The van der Waals surface area contributed by atoms with E-state index < -0.39 is 0 Å². The smallest absolute Gasteiger partial charge is 0.231 e. The van der Waals surface area contributed by atoms with Crippen LogP contribution in [0.1, 0.15) is 18.1 Å². The summed E-state index contributed by atoms with van der Waals surface area (Å²) in [6.07, 6.45) is 0.570. The molecular weight excluding hydrogens is 340 g/mol. The molecular formula is C19H17ClN2O3. The maximum Gasteiger partial charge on any atom is 0.231 e. The van der Waals surface area contributed by atoms with Gasteiger partial charge in [-0.15, -0.1) is 0 Å². The lowest BCUT2D eigenvalue weighted by Crippen LogP contribution is -2.32. The van der Waals surface area contributed by atoms with Gasteiger partial charge in [0.15, 0.2) is 0 Å². The molecule has 1 atom stereocenters. The average molecular weight is 357 g/mol. The number of nitrogens with zero attached hydrogens (tertiary/aromatic N) is 1. The normalized spacial score (nSPS) is 15.5. The first kappa shape index (κ1) is 17.1. The second-order valence-corrected chi connectivity index (χ2v) is 6.12. The second kappa shape index (κ2) is 7.45. The van der Waals surface area contributed by atoms with Gasteiger partial charge in [-0.05, 0) is 55.3 Å². The molecule has 0 saturated heterocycles. The van der Waals surface area contributed by atoms with Crippen molar-refractivity contribution >= 4 is 23.2 Å². The van der Waals surface area contributed by atoms with Gasteiger partial charge in [0, 0.05) is 5.69 Å². The predicted molar refractivity (Wildman–Crippen MR) is 95.1 cm³/mol. The van der Waals surface area contributed by atoms with Crippen LogP contribution in [0.15, 0.2) is 36.4 Å². The largest absolute Gasteiger partial charge is 0.494 e. The number of rotatable bonds is 4. The number of carbonyl (C=O) groups is 1. The fourth-order valence-corrected chi connectivity index (χ4v) is 2.89. The number of fused-ring (bicyclic) bond motifs is 1. The standard InChI is InChI=1S/C19H17ClN2O3/c1-2-24-16-4-6-18-12(9-16)7-14(11-25-18)19(23)22-15-3-5-17(20)13(8-15)10-21/h3-6,8-9,14H,2,7,11H2,1H3,(H,22,23). The van der Waals surface area contributed by atoms with E-state index in [2.05, 4.69) is 5.32 Å². The van der Waals surface area contributed by atoms with Crippen LogP contribution < -0.4 is 14.8 Å². The Morgan fingerprint density at radius 2 is 2.24 bits per heavy atom. The van der Waals surface area contributed by atoms with Gasteiger partial charge < -0.3 is 14.8 Å². The molecule has 1 N–H and O–H groups in total. The number of nitrogens with one attached hydrogen (secondary N) is 1. The van der Waals surface area contributed by atoms with Gasteiger partial charge in [0.1, 0.15) is 24.2 Å². The van der Waals surface area contributed by atoms with Crippen LogP contribution in [-0.2, 0) is 11.2 Å². The van der Waals surface area contributed by atoms with Crippen LogP contribution in [0.2, 0.25) is 5.02 Å². The molecule has 0 fully saturated rings. The summed E-state index contributed by atoms with van der Waals surface area (Å²) in [4.78, 5) is 12.5. The fraction of sp³-hybridized carbons (Fsp3) is 0.263. The SMILES string of the molecule is CCOc1ccc2c(c1)CC(C(=O)Nc1ccc(Cl)c(C#N)c1)CO2. The van der Waals surface area contributed by atoms with E-state index in [0.717, 1.165) is 17.1 Å². The zero-order valence-electron chi connectivity index (χ0n) is 13.7. The van der Waals surface area contributed by atoms with E-state index in [1.807, 2.05) is 31.2 Å². The Morgan fingerprint density at radius 1 is 1.40 bits per heavy atom. The van der Waals surface area contributed by atoms with Crippen molar-refractivity contribution in [3.05, 3.63) is 52.5 Å². The highest BCUT2D eigenvalue weighted by Gasteiger charge is 2.26. The molecule has 0 bridgehead atoms. The highest BCUT2D eigenvalue weighted by atomic mass is 35.5. The molecule has 0 saturated carbocycles. The van der Waals surface area contributed by atoms with Crippen molar-refractivity contribution in [3.8, 4) is 17.6 Å². The van der Waals surface area contributed by atoms with E-state index in [4.69, 9.17) is 26.3 Å². The zero-order chi connectivity index (χ0) is 17.8. The summed E-state index contributed by atoms with van der Waals surface area (Å²) in [6, 6.07) is 12.5. The third kappa shape index (κ3) is 3.86. The van der Waals surface area contributed by atoms with Crippen LogP contribution in [0.4, 0.5) is 5.69 Å². The lowest BCUT2D eigenvalue weighted by molar-refractivity contribution is -0.121. The summed E-state index contributed by atoms with van der Waals surface area (Å²) in [7, 11) is 0. The van der Waals surface area contributed by atoms with E-state index in [0.29, 0.717) is 35.9 Å². The number of halogens is 1. The Hall–Kier alpha value is -2.71. The Kier molecular flexibility index (Phi) is 5.11. The first-order chi connectivity index (χ1) is 12.1. The van der Waals surface area contributed by atoms with Gasteiger partial charge in [-0.25, -0.2) is 0 Å². The van der Waals surface area contributed by atoms with Crippen molar-refractivity contribution in [1.29, 1.82) is 5.26 Å². The molecule has 0 radical (unpaired) electrons. The maximum atomic E-state index is 12.5. The summed E-state index contributed by atoms with van der Waals surface area (Å²) in [6.45, 7) is 2.82. The van der Waals surface area contributed by atoms with Crippen molar-refractivity contribution < 1.29 is 14.3 Å². The van der Waals surface area contributed by atoms with Crippen molar-refractivity contribution in [3.63, 3.8) is 0 Å². The zero-order valence-corrected chi connectivity index (χ0v) is 14.5. The number of nitriles is 1. The summed E-state index contributed by atoms with van der Waals surface area (Å²) in [5, 5.41) is 12.2. The molecule has 1 unspecified atom stereocenters. The lowest BCUT2D eigenvalue weighted by atomic mass is 9.95. The topological polar surface area (TPSA) is 71.3 Å². The summed E-state index contributed by atoms with van der Waals surface area (Å²) >= 11 is 5.91. The number of carbonyl (C=O) groups excluding carboxylic acids is 1. The number of benzene rings is 2. The second-order valence-electron chi connectivity index (χ2n) is 5.71. The molecule has 1 heterocycles. The number of ether oxygens (including phenoxy) is 2. The van der Waals surface area contributed by atoms with E-state index in [-0.39, 0.29) is 11.8 Å². The van der Waals surface area contributed by atoms with Crippen molar-refractivity contribution in [2.75, 3.05) is 18.5 Å². The van der Waals surface area contributed by atoms with Gasteiger partial charge in [-0.3, -0.25) is 4.79 Å². The third-order valence-electron chi connectivity index (χ3n) is 3.97. The lowest BCUT2D eigenvalue weighted by Gasteiger charge is -2.25. The van der Waals surface area contributed by atoms with E-state index in [1.54, 1.807) is 18.2 Å². The molecule has 1 aliphatic rings. The first-order valence-corrected chi connectivity index (χ1v) is 8.37. The number of hydrogen-bond donors (Lipinski definition) is 1. The Bertz CT molecular complexity index is 845. The number of anilines is 1. The van der Waals surface area contributed by atoms with Crippen LogP contribution in [0, 0.1) is 17.2 Å². The Morgan fingerprint density at radius 3 is 3.00 bits per heavy atom. The van der Waals surface area contributed by atoms with Gasteiger partial charge in [0.2, 0.25) is 5.91 Å². The minimum Gasteiger partial charge on any atom is -0.494 e. The number of hydrogen-bond acceptors (Lipinski definition) is 4. The van der Waals surface area contributed by atoms with Gasteiger partial charge >= 0.3 is 0 Å². The van der Waals surface area contributed by atoms with Gasteiger partial charge in [0.05, 0.1) is 23.1 Å². The fourth-order valence-electron chi connectivity index (χ4n) is 2.73. The van der Waals surface area contributed by atoms with E-state index in [1.165, 1.54) is 0 Å². The van der Waals surface area contributed by atoms with Crippen LogP contribution in [-0.4, -0.2) is 19.1 Å². The quantitative estimate of drug-likeness (QED) is 0.904. The highest BCUT2D eigenvalue weighted by Crippen LogP contribution is 2.31. The van der Waals surface area contributed by atoms with Gasteiger partial charge in [-0.2, -0.15) is 5.26 Å². The molecule has 0 aliphatic carbocycles. The van der Waals surface area contributed by atoms with Crippen LogP contribution in [0.5, 0.6) is 11.5 Å². The molecule has 6 heteroatoms. The molecule has 0 spiro atoms. The van der Waals surface area contributed by atoms with Crippen molar-refractivity contribution in [2.45, 2.75) is 13.3 Å². The molecule has 2 aromatic rings. The molecule has 0 aromatic heterocycles. The summed E-state index contributed by atoms with van der Waals surface area (Å²) in [5.74, 6) is 1.08. The summed E-state index contributed by atoms with van der Waals surface area (Å²) in [5.41, 5.74) is 1.82. The van der Waals surface area contributed by atoms with Gasteiger partial charge in [-0.1, -0.05) is 11.6 Å².